The van der Waals surface area contributed by atoms with Crippen molar-refractivity contribution in [1.29, 1.82) is 0 Å². The average molecular weight is 268 g/mol. The Balaban J connectivity index is 1.69. The van der Waals surface area contributed by atoms with Gasteiger partial charge in [-0.2, -0.15) is 0 Å². The van der Waals surface area contributed by atoms with Crippen molar-refractivity contribution < 1.29 is 4.74 Å². The average Bonchev–Trinajstić information content (AvgIpc) is 3.23. The first-order chi connectivity index (χ1) is 9.70. The maximum absolute atomic E-state index is 5.85. The molecule has 0 aliphatic heterocycles. The zero-order valence-electron chi connectivity index (χ0n) is 12.0. The van der Waals surface area contributed by atoms with Gasteiger partial charge in [0.15, 0.2) is 0 Å². The molecule has 1 aliphatic rings. The van der Waals surface area contributed by atoms with E-state index in [1.165, 1.54) is 24.0 Å². The second-order valence-corrected chi connectivity index (χ2v) is 5.54. The Labute approximate surface area is 120 Å². The van der Waals surface area contributed by atoms with E-state index in [2.05, 4.69) is 29.4 Å². The SMILES string of the molecule is Cc1cccc(Oc2ncc(CNC3CC3)cc2C)c1. The van der Waals surface area contributed by atoms with Gasteiger partial charge in [-0.1, -0.05) is 12.1 Å². The molecular weight excluding hydrogens is 248 g/mol. The molecule has 1 saturated carbocycles. The third-order valence-electron chi connectivity index (χ3n) is 3.46. The summed E-state index contributed by atoms with van der Waals surface area (Å²) in [5.74, 6) is 1.52. The molecule has 0 spiro atoms. The fourth-order valence-electron chi connectivity index (χ4n) is 2.16. The number of aromatic nitrogens is 1. The highest BCUT2D eigenvalue weighted by Crippen LogP contribution is 2.24. The van der Waals surface area contributed by atoms with Gasteiger partial charge in [0.1, 0.15) is 5.75 Å². The summed E-state index contributed by atoms with van der Waals surface area (Å²) in [6.45, 7) is 4.99. The van der Waals surface area contributed by atoms with E-state index in [9.17, 15) is 0 Å². The first-order valence-electron chi connectivity index (χ1n) is 7.14. The van der Waals surface area contributed by atoms with Gasteiger partial charge in [-0.05, 0) is 56.0 Å². The van der Waals surface area contributed by atoms with Crippen LogP contribution in [0.15, 0.2) is 36.5 Å². The number of aryl methyl sites for hydroxylation is 2. The molecule has 3 rings (SSSR count). The van der Waals surface area contributed by atoms with Crippen LogP contribution in [-0.4, -0.2) is 11.0 Å². The molecule has 104 valence electrons. The van der Waals surface area contributed by atoms with Gasteiger partial charge in [0.25, 0.3) is 0 Å². The highest BCUT2D eigenvalue weighted by molar-refractivity contribution is 5.35. The minimum atomic E-state index is 0.686. The third-order valence-corrected chi connectivity index (χ3v) is 3.46. The lowest BCUT2D eigenvalue weighted by Crippen LogP contribution is -2.15. The minimum Gasteiger partial charge on any atom is -0.439 e. The Morgan fingerprint density at radius 1 is 1.25 bits per heavy atom. The number of rotatable bonds is 5. The second-order valence-electron chi connectivity index (χ2n) is 5.54. The summed E-state index contributed by atoms with van der Waals surface area (Å²) in [4.78, 5) is 4.44. The normalized spacial score (nSPS) is 14.3. The summed E-state index contributed by atoms with van der Waals surface area (Å²) in [7, 11) is 0. The summed E-state index contributed by atoms with van der Waals surface area (Å²) in [5.41, 5.74) is 3.47. The van der Waals surface area contributed by atoms with Crippen LogP contribution >= 0.6 is 0 Å². The highest BCUT2D eigenvalue weighted by Gasteiger charge is 2.20. The van der Waals surface area contributed by atoms with Crippen LogP contribution in [0, 0.1) is 13.8 Å². The van der Waals surface area contributed by atoms with Gasteiger partial charge in [-0.15, -0.1) is 0 Å². The van der Waals surface area contributed by atoms with Crippen LogP contribution in [0.3, 0.4) is 0 Å². The lowest BCUT2D eigenvalue weighted by atomic mass is 10.2. The van der Waals surface area contributed by atoms with Crippen molar-refractivity contribution in [2.75, 3.05) is 0 Å². The molecule has 2 aromatic rings. The first kappa shape index (κ1) is 13.1. The fraction of sp³-hybridized carbons (Fsp3) is 0.353. The third kappa shape index (κ3) is 3.36. The van der Waals surface area contributed by atoms with E-state index in [4.69, 9.17) is 4.74 Å². The van der Waals surface area contributed by atoms with E-state index in [0.717, 1.165) is 23.9 Å². The monoisotopic (exact) mass is 268 g/mol. The summed E-state index contributed by atoms with van der Waals surface area (Å²) in [6, 6.07) is 10.9. The van der Waals surface area contributed by atoms with Gasteiger partial charge in [0, 0.05) is 24.3 Å². The number of hydrogen-bond donors (Lipinski definition) is 1. The smallest absolute Gasteiger partial charge is 0.222 e. The Morgan fingerprint density at radius 3 is 2.80 bits per heavy atom. The molecule has 0 unspecified atom stereocenters. The number of hydrogen-bond acceptors (Lipinski definition) is 3. The predicted molar refractivity (Wildman–Crippen MR) is 80.1 cm³/mol. The topological polar surface area (TPSA) is 34.1 Å². The van der Waals surface area contributed by atoms with E-state index in [0.29, 0.717) is 5.88 Å². The number of nitrogens with one attached hydrogen (secondary N) is 1. The lowest BCUT2D eigenvalue weighted by Gasteiger charge is -2.10. The first-order valence-corrected chi connectivity index (χ1v) is 7.14. The lowest BCUT2D eigenvalue weighted by molar-refractivity contribution is 0.458. The van der Waals surface area contributed by atoms with Gasteiger partial charge in [0.2, 0.25) is 5.88 Å². The number of ether oxygens (including phenoxy) is 1. The number of pyridine rings is 1. The van der Waals surface area contributed by atoms with Crippen LogP contribution in [-0.2, 0) is 6.54 Å². The zero-order valence-corrected chi connectivity index (χ0v) is 12.0. The molecule has 1 N–H and O–H groups in total. The van der Waals surface area contributed by atoms with Crippen LogP contribution in [0.5, 0.6) is 11.6 Å². The maximum atomic E-state index is 5.85. The largest absolute Gasteiger partial charge is 0.439 e. The fourth-order valence-corrected chi connectivity index (χ4v) is 2.16. The molecule has 1 aliphatic carbocycles. The molecule has 3 nitrogen and oxygen atoms in total. The van der Waals surface area contributed by atoms with Crippen molar-refractivity contribution in [3.05, 3.63) is 53.2 Å². The van der Waals surface area contributed by atoms with E-state index in [1.807, 2.05) is 31.3 Å². The van der Waals surface area contributed by atoms with Crippen LogP contribution in [0.25, 0.3) is 0 Å². The molecule has 0 bridgehead atoms. The molecule has 0 saturated heterocycles. The molecule has 0 amide bonds. The number of nitrogens with zero attached hydrogens (tertiary/aromatic N) is 1. The van der Waals surface area contributed by atoms with Crippen molar-refractivity contribution in [2.45, 2.75) is 39.3 Å². The molecule has 1 heterocycles. The van der Waals surface area contributed by atoms with Gasteiger partial charge in [0.05, 0.1) is 0 Å². The van der Waals surface area contributed by atoms with Crippen molar-refractivity contribution in [2.24, 2.45) is 0 Å². The van der Waals surface area contributed by atoms with E-state index < -0.39 is 0 Å². The van der Waals surface area contributed by atoms with Crippen LogP contribution in [0.4, 0.5) is 0 Å². The maximum Gasteiger partial charge on any atom is 0.222 e. The van der Waals surface area contributed by atoms with E-state index in [-0.39, 0.29) is 0 Å². The summed E-state index contributed by atoms with van der Waals surface area (Å²) in [5, 5.41) is 3.50. The number of benzene rings is 1. The van der Waals surface area contributed by atoms with Gasteiger partial charge < -0.3 is 10.1 Å². The summed E-state index contributed by atoms with van der Waals surface area (Å²) < 4.78 is 5.85. The second kappa shape index (κ2) is 5.63. The molecular formula is C17H20N2O. The molecule has 0 atom stereocenters. The van der Waals surface area contributed by atoms with Gasteiger partial charge in [-0.25, -0.2) is 4.98 Å². The van der Waals surface area contributed by atoms with E-state index in [1.54, 1.807) is 0 Å². The van der Waals surface area contributed by atoms with Gasteiger partial charge >= 0.3 is 0 Å². The Kier molecular flexibility index (Phi) is 3.70. The standard InChI is InChI=1S/C17H20N2O/c1-12-4-3-5-16(8-12)20-17-13(2)9-14(11-19-17)10-18-15-6-7-15/h3-5,8-9,11,15,18H,6-7,10H2,1-2H3. The minimum absolute atomic E-state index is 0.686. The summed E-state index contributed by atoms with van der Waals surface area (Å²) in [6.07, 6.45) is 4.51. The van der Waals surface area contributed by atoms with Crippen LogP contribution < -0.4 is 10.1 Å². The predicted octanol–water partition coefficient (Wildman–Crippen LogP) is 3.74. The molecule has 3 heteroatoms. The van der Waals surface area contributed by atoms with Crippen molar-refractivity contribution in [3.8, 4) is 11.6 Å². The molecule has 1 aromatic carbocycles. The Bertz CT molecular complexity index is 606. The quantitative estimate of drug-likeness (QED) is 0.897. The molecule has 1 fully saturated rings. The Morgan fingerprint density at radius 2 is 2.10 bits per heavy atom. The molecule has 1 aromatic heterocycles. The highest BCUT2D eigenvalue weighted by atomic mass is 16.5. The van der Waals surface area contributed by atoms with Gasteiger partial charge in [-0.3, -0.25) is 0 Å². The van der Waals surface area contributed by atoms with Crippen molar-refractivity contribution in [1.82, 2.24) is 10.3 Å². The van der Waals surface area contributed by atoms with Crippen LogP contribution in [0.2, 0.25) is 0 Å². The molecule has 0 radical (unpaired) electrons. The Hall–Kier alpha value is -1.87. The van der Waals surface area contributed by atoms with Crippen LogP contribution in [0.1, 0.15) is 29.5 Å². The van der Waals surface area contributed by atoms with E-state index >= 15 is 0 Å². The molecule has 20 heavy (non-hydrogen) atoms. The summed E-state index contributed by atoms with van der Waals surface area (Å²) >= 11 is 0. The zero-order chi connectivity index (χ0) is 13.9. The van der Waals surface area contributed by atoms with Crippen molar-refractivity contribution in [3.63, 3.8) is 0 Å². The van der Waals surface area contributed by atoms with Crippen molar-refractivity contribution >= 4 is 0 Å².